The molecule has 1 aliphatic heterocycles. The zero-order valence-corrected chi connectivity index (χ0v) is 12.5. The van der Waals surface area contributed by atoms with E-state index in [1.165, 1.54) is 0 Å². The molecule has 1 saturated heterocycles. The average molecular weight is 302 g/mol. The van der Waals surface area contributed by atoms with Crippen LogP contribution in [0.3, 0.4) is 0 Å². The Bertz CT molecular complexity index is 564. The molecule has 1 unspecified atom stereocenters. The van der Waals surface area contributed by atoms with Gasteiger partial charge in [-0.25, -0.2) is 4.79 Å². The fourth-order valence-corrected chi connectivity index (χ4v) is 3.36. The third-order valence-electron chi connectivity index (χ3n) is 4.79. The number of piperidine rings is 1. The Kier molecular flexibility index (Phi) is 4.02. The molecule has 2 fully saturated rings. The summed E-state index contributed by atoms with van der Waals surface area (Å²) >= 11 is 0. The number of carbonyl (C=O) groups excluding carboxylic acids is 2. The lowest BCUT2D eigenvalue weighted by atomic mass is 9.92. The van der Waals surface area contributed by atoms with E-state index in [1.54, 1.807) is 12.1 Å². The van der Waals surface area contributed by atoms with Crippen molar-refractivity contribution in [2.24, 2.45) is 17.1 Å². The Morgan fingerprint density at radius 1 is 1.23 bits per heavy atom. The lowest BCUT2D eigenvalue weighted by molar-refractivity contribution is -0.123. The van der Waals surface area contributed by atoms with Crippen LogP contribution >= 0.6 is 0 Å². The van der Waals surface area contributed by atoms with Gasteiger partial charge in [0, 0.05) is 18.2 Å². The monoisotopic (exact) mass is 302 g/mol. The van der Waals surface area contributed by atoms with E-state index in [4.69, 9.17) is 5.73 Å². The van der Waals surface area contributed by atoms with Gasteiger partial charge in [0.2, 0.25) is 5.91 Å². The van der Waals surface area contributed by atoms with E-state index in [9.17, 15) is 9.59 Å². The van der Waals surface area contributed by atoms with E-state index in [-0.39, 0.29) is 17.2 Å². The van der Waals surface area contributed by atoms with Gasteiger partial charge in [0.1, 0.15) is 0 Å². The van der Waals surface area contributed by atoms with Gasteiger partial charge in [0.05, 0.1) is 0 Å². The molecule has 1 spiro atoms. The number of nitrogens with one attached hydrogen (secondary N) is 3. The van der Waals surface area contributed by atoms with Gasteiger partial charge >= 0.3 is 6.03 Å². The summed E-state index contributed by atoms with van der Waals surface area (Å²) in [4.78, 5) is 23.0. The lowest BCUT2D eigenvalue weighted by Gasteiger charge is -2.23. The van der Waals surface area contributed by atoms with Crippen LogP contribution in [0, 0.1) is 11.3 Å². The quantitative estimate of drug-likeness (QED) is 0.672. The van der Waals surface area contributed by atoms with E-state index in [0.717, 1.165) is 37.9 Å². The van der Waals surface area contributed by atoms with Crippen molar-refractivity contribution >= 4 is 17.6 Å². The molecular weight excluding hydrogens is 280 g/mol. The van der Waals surface area contributed by atoms with Gasteiger partial charge in [0.25, 0.3) is 0 Å². The maximum Gasteiger partial charge on any atom is 0.316 e. The highest BCUT2D eigenvalue weighted by atomic mass is 16.2. The molecule has 3 amide bonds. The van der Waals surface area contributed by atoms with Crippen molar-refractivity contribution in [1.29, 1.82) is 0 Å². The van der Waals surface area contributed by atoms with Crippen LogP contribution in [0.5, 0.6) is 0 Å². The van der Waals surface area contributed by atoms with Crippen molar-refractivity contribution in [2.75, 3.05) is 18.4 Å². The molecule has 5 N–H and O–H groups in total. The van der Waals surface area contributed by atoms with Crippen molar-refractivity contribution < 1.29 is 9.59 Å². The van der Waals surface area contributed by atoms with E-state index in [2.05, 4.69) is 16.0 Å². The molecule has 22 heavy (non-hydrogen) atoms. The van der Waals surface area contributed by atoms with Gasteiger partial charge in [-0.2, -0.15) is 0 Å². The topological polar surface area (TPSA) is 96.2 Å². The van der Waals surface area contributed by atoms with Crippen LogP contribution in [0.15, 0.2) is 24.3 Å². The summed E-state index contributed by atoms with van der Waals surface area (Å²) in [6.45, 7) is 2.57. The molecule has 0 radical (unpaired) electrons. The molecular formula is C16H22N4O2. The molecule has 6 nitrogen and oxygen atoms in total. The molecule has 0 aromatic heterocycles. The summed E-state index contributed by atoms with van der Waals surface area (Å²) < 4.78 is 0. The minimum atomic E-state index is -0.581. The molecule has 1 aromatic carbocycles. The number of anilines is 1. The number of carbonyl (C=O) groups is 2. The normalized spacial score (nSPS) is 22.1. The first-order chi connectivity index (χ1) is 10.6. The van der Waals surface area contributed by atoms with E-state index in [0.29, 0.717) is 12.2 Å². The number of hydrogen-bond donors (Lipinski definition) is 4. The minimum absolute atomic E-state index is 0.168. The maximum atomic E-state index is 12.3. The first kappa shape index (κ1) is 14.8. The number of benzene rings is 1. The Morgan fingerprint density at radius 2 is 1.91 bits per heavy atom. The molecule has 0 bridgehead atoms. The van der Waals surface area contributed by atoms with Gasteiger partial charge in [-0.15, -0.1) is 0 Å². The standard InChI is InChI=1S/C16H22N4O2/c17-15(22)20-12-3-1-11(2-4-12)10-19-14(21)13-9-16(13)5-7-18-8-6-16/h1-4,13,18H,5-10H2,(H,19,21)(H3,17,20,22). The van der Waals surface area contributed by atoms with Gasteiger partial charge in [-0.3, -0.25) is 4.79 Å². The smallest absolute Gasteiger partial charge is 0.316 e. The third kappa shape index (κ3) is 3.22. The number of rotatable bonds is 4. The zero-order chi connectivity index (χ0) is 15.6. The predicted molar refractivity (Wildman–Crippen MR) is 84.1 cm³/mol. The highest BCUT2D eigenvalue weighted by molar-refractivity contribution is 5.87. The Labute approximate surface area is 129 Å². The Morgan fingerprint density at radius 3 is 2.55 bits per heavy atom. The Hall–Kier alpha value is -2.08. The van der Waals surface area contributed by atoms with Crippen LogP contribution in [0.1, 0.15) is 24.8 Å². The number of amides is 3. The first-order valence-electron chi connectivity index (χ1n) is 7.73. The number of nitrogens with two attached hydrogens (primary N) is 1. The molecule has 1 saturated carbocycles. The first-order valence-corrected chi connectivity index (χ1v) is 7.73. The second-order valence-electron chi connectivity index (χ2n) is 6.27. The molecule has 1 heterocycles. The largest absolute Gasteiger partial charge is 0.352 e. The summed E-state index contributed by atoms with van der Waals surface area (Å²) in [7, 11) is 0. The molecule has 2 aliphatic rings. The highest BCUT2D eigenvalue weighted by Crippen LogP contribution is 2.58. The molecule has 3 rings (SSSR count). The van der Waals surface area contributed by atoms with Crippen molar-refractivity contribution in [3.8, 4) is 0 Å². The summed E-state index contributed by atoms with van der Waals surface area (Å²) in [6, 6.07) is 6.72. The second kappa shape index (κ2) is 5.96. The van der Waals surface area contributed by atoms with Crippen molar-refractivity contribution in [1.82, 2.24) is 10.6 Å². The van der Waals surface area contributed by atoms with Gasteiger partial charge in [-0.1, -0.05) is 12.1 Å². The number of urea groups is 1. The summed E-state index contributed by atoms with van der Waals surface area (Å²) in [6.07, 6.45) is 3.25. The van der Waals surface area contributed by atoms with Gasteiger partial charge in [-0.05, 0) is 55.5 Å². The number of hydrogen-bond acceptors (Lipinski definition) is 3. The van der Waals surface area contributed by atoms with Gasteiger partial charge in [0.15, 0.2) is 0 Å². The van der Waals surface area contributed by atoms with E-state index >= 15 is 0 Å². The maximum absolute atomic E-state index is 12.3. The van der Waals surface area contributed by atoms with Crippen molar-refractivity contribution in [2.45, 2.75) is 25.8 Å². The fourth-order valence-electron chi connectivity index (χ4n) is 3.36. The fraction of sp³-hybridized carbons (Fsp3) is 0.500. The molecule has 1 aromatic rings. The summed E-state index contributed by atoms with van der Waals surface area (Å²) in [5, 5.41) is 8.88. The highest BCUT2D eigenvalue weighted by Gasteiger charge is 2.57. The van der Waals surface area contributed by atoms with Crippen molar-refractivity contribution in [3.63, 3.8) is 0 Å². The molecule has 1 atom stereocenters. The third-order valence-corrected chi connectivity index (χ3v) is 4.79. The minimum Gasteiger partial charge on any atom is -0.352 e. The SMILES string of the molecule is NC(=O)Nc1ccc(CNC(=O)C2CC23CCNCC3)cc1. The Balaban J connectivity index is 1.48. The van der Waals surface area contributed by atoms with Crippen LogP contribution in [-0.2, 0) is 11.3 Å². The zero-order valence-electron chi connectivity index (χ0n) is 12.5. The van der Waals surface area contributed by atoms with Crippen LogP contribution in [-0.4, -0.2) is 25.0 Å². The van der Waals surface area contributed by atoms with Crippen LogP contribution in [0.25, 0.3) is 0 Å². The van der Waals surface area contributed by atoms with E-state index in [1.807, 2.05) is 12.1 Å². The molecule has 6 heteroatoms. The van der Waals surface area contributed by atoms with E-state index < -0.39 is 6.03 Å². The van der Waals surface area contributed by atoms with Crippen molar-refractivity contribution in [3.05, 3.63) is 29.8 Å². The molecule has 1 aliphatic carbocycles. The second-order valence-corrected chi connectivity index (χ2v) is 6.27. The summed E-state index contributed by atoms with van der Waals surface area (Å²) in [5.41, 5.74) is 6.98. The molecule has 118 valence electrons. The lowest BCUT2D eigenvalue weighted by Crippen LogP contribution is -2.33. The van der Waals surface area contributed by atoms with Crippen LogP contribution < -0.4 is 21.7 Å². The number of primary amides is 1. The average Bonchev–Trinajstić information content (AvgIpc) is 3.20. The van der Waals surface area contributed by atoms with Crippen LogP contribution in [0.2, 0.25) is 0 Å². The van der Waals surface area contributed by atoms with Crippen LogP contribution in [0.4, 0.5) is 10.5 Å². The predicted octanol–water partition coefficient (Wildman–Crippen LogP) is 1.18. The van der Waals surface area contributed by atoms with Gasteiger partial charge < -0.3 is 21.7 Å². The summed E-state index contributed by atoms with van der Waals surface area (Å²) in [5.74, 6) is 0.353.